The van der Waals surface area contributed by atoms with Crippen LogP contribution in [0.3, 0.4) is 0 Å². The molecule has 0 bridgehead atoms. The normalized spacial score (nSPS) is 9.30. The molecule has 0 saturated heterocycles. The lowest BCUT2D eigenvalue weighted by Crippen LogP contribution is -2.05. The van der Waals surface area contributed by atoms with Crippen LogP contribution in [0, 0.1) is 0 Å². The van der Waals surface area contributed by atoms with Crippen LogP contribution in [-0.4, -0.2) is 6.29 Å². The summed E-state index contributed by atoms with van der Waals surface area (Å²) in [7, 11) is 0. The Labute approximate surface area is 61.2 Å². The summed E-state index contributed by atoms with van der Waals surface area (Å²) in [6, 6.07) is 1.34. The average molecular weight is 159 g/mol. The zero-order chi connectivity index (χ0) is 7.56. The van der Waals surface area contributed by atoms with Gasteiger partial charge in [0.15, 0.2) is 6.29 Å². The highest BCUT2D eigenvalue weighted by Crippen LogP contribution is 2.07. The number of halogens is 1. The molecular formula is C6H3ClO3. The third-order valence-electron chi connectivity index (χ3n) is 0.985. The summed E-state index contributed by atoms with van der Waals surface area (Å²) in [5, 5.41) is 0.117. The molecule has 0 aliphatic heterocycles. The number of carbonyl (C=O) groups excluding carboxylic acids is 1. The number of hydrogen-bond acceptors (Lipinski definition) is 3. The van der Waals surface area contributed by atoms with Crippen LogP contribution in [-0.2, 0) is 0 Å². The molecule has 52 valence electrons. The molecule has 0 radical (unpaired) electrons. The first kappa shape index (κ1) is 7.02. The van der Waals surface area contributed by atoms with E-state index in [1.165, 1.54) is 6.07 Å². The Bertz CT molecular complexity index is 302. The highest BCUT2D eigenvalue weighted by Gasteiger charge is 2.03. The molecule has 4 heteroatoms. The molecule has 1 aromatic heterocycles. The lowest BCUT2D eigenvalue weighted by molar-refractivity contribution is 0.112. The molecule has 1 heterocycles. The molecule has 0 aliphatic rings. The van der Waals surface area contributed by atoms with Crippen molar-refractivity contribution in [2.45, 2.75) is 0 Å². The predicted molar refractivity (Wildman–Crippen MR) is 35.4 cm³/mol. The van der Waals surface area contributed by atoms with Crippen LogP contribution in [0.1, 0.15) is 10.4 Å². The van der Waals surface area contributed by atoms with E-state index in [1.54, 1.807) is 0 Å². The number of aldehydes is 1. The smallest absolute Gasteiger partial charge is 0.347 e. The lowest BCUT2D eigenvalue weighted by Gasteiger charge is -1.88. The monoisotopic (exact) mass is 158 g/mol. The van der Waals surface area contributed by atoms with E-state index in [0.717, 1.165) is 6.26 Å². The summed E-state index contributed by atoms with van der Waals surface area (Å²) < 4.78 is 4.36. The lowest BCUT2D eigenvalue weighted by atomic mass is 10.3. The molecule has 0 unspecified atom stereocenters. The fourth-order valence-electron chi connectivity index (χ4n) is 0.511. The third kappa shape index (κ3) is 1.09. The van der Waals surface area contributed by atoms with E-state index < -0.39 is 5.63 Å². The molecule has 0 N–H and O–H groups in total. The molecule has 0 amide bonds. The third-order valence-corrected chi connectivity index (χ3v) is 1.31. The minimum atomic E-state index is -0.706. The van der Waals surface area contributed by atoms with Gasteiger partial charge in [0.25, 0.3) is 0 Å². The highest BCUT2D eigenvalue weighted by molar-refractivity contribution is 6.32. The van der Waals surface area contributed by atoms with Crippen molar-refractivity contribution in [1.82, 2.24) is 0 Å². The van der Waals surface area contributed by atoms with E-state index in [9.17, 15) is 9.59 Å². The van der Waals surface area contributed by atoms with Crippen LogP contribution in [0.15, 0.2) is 21.5 Å². The van der Waals surface area contributed by atoms with Gasteiger partial charge < -0.3 is 4.42 Å². The first-order valence-electron chi connectivity index (χ1n) is 2.48. The SMILES string of the molecule is O=Cc1c(Cl)ccoc1=O. The Morgan fingerprint density at radius 1 is 1.60 bits per heavy atom. The van der Waals surface area contributed by atoms with Gasteiger partial charge in [0.05, 0.1) is 11.3 Å². The second kappa shape index (κ2) is 2.66. The molecule has 1 rings (SSSR count). The first-order valence-corrected chi connectivity index (χ1v) is 2.86. The minimum absolute atomic E-state index is 0.117. The molecule has 0 aliphatic carbocycles. The van der Waals surface area contributed by atoms with Crippen LogP contribution in [0.4, 0.5) is 0 Å². The van der Waals surface area contributed by atoms with Gasteiger partial charge in [0, 0.05) is 0 Å². The summed E-state index contributed by atoms with van der Waals surface area (Å²) in [6.07, 6.45) is 1.51. The summed E-state index contributed by atoms with van der Waals surface area (Å²) in [5.41, 5.74) is -0.841. The van der Waals surface area contributed by atoms with E-state index in [0.29, 0.717) is 6.29 Å². The van der Waals surface area contributed by atoms with Crippen molar-refractivity contribution < 1.29 is 9.21 Å². The van der Waals surface area contributed by atoms with Gasteiger partial charge in [-0.25, -0.2) is 4.79 Å². The van der Waals surface area contributed by atoms with Crippen LogP contribution >= 0.6 is 11.6 Å². The number of rotatable bonds is 1. The van der Waals surface area contributed by atoms with Crippen LogP contribution < -0.4 is 5.63 Å². The highest BCUT2D eigenvalue weighted by atomic mass is 35.5. The van der Waals surface area contributed by atoms with Gasteiger partial charge in [-0.2, -0.15) is 0 Å². The maximum atomic E-state index is 10.6. The summed E-state index contributed by atoms with van der Waals surface area (Å²) in [5.74, 6) is 0. The second-order valence-electron chi connectivity index (χ2n) is 1.59. The van der Waals surface area contributed by atoms with E-state index in [4.69, 9.17) is 11.6 Å². The van der Waals surface area contributed by atoms with Crippen molar-refractivity contribution in [1.29, 1.82) is 0 Å². The summed E-state index contributed by atoms with van der Waals surface area (Å²) >= 11 is 5.44. The van der Waals surface area contributed by atoms with Gasteiger partial charge in [-0.05, 0) is 6.07 Å². The van der Waals surface area contributed by atoms with Gasteiger partial charge in [0.1, 0.15) is 5.56 Å². The average Bonchev–Trinajstić information content (AvgIpc) is 1.88. The topological polar surface area (TPSA) is 47.3 Å². The van der Waals surface area contributed by atoms with Crippen molar-refractivity contribution in [2.75, 3.05) is 0 Å². The van der Waals surface area contributed by atoms with Gasteiger partial charge in [-0.1, -0.05) is 11.6 Å². The fourth-order valence-corrected chi connectivity index (χ4v) is 0.684. The molecule has 10 heavy (non-hydrogen) atoms. The zero-order valence-corrected chi connectivity index (χ0v) is 5.59. The maximum Gasteiger partial charge on any atom is 0.347 e. The van der Waals surface area contributed by atoms with E-state index in [1.807, 2.05) is 0 Å². The summed E-state index contributed by atoms with van der Waals surface area (Å²) in [4.78, 5) is 20.7. The van der Waals surface area contributed by atoms with Gasteiger partial charge >= 0.3 is 5.63 Å². The Morgan fingerprint density at radius 2 is 2.30 bits per heavy atom. The van der Waals surface area contributed by atoms with Crippen molar-refractivity contribution in [3.05, 3.63) is 33.3 Å². The molecule has 0 fully saturated rings. The fraction of sp³-hybridized carbons (Fsp3) is 0. The molecule has 3 nitrogen and oxygen atoms in total. The van der Waals surface area contributed by atoms with Crippen LogP contribution in [0.5, 0.6) is 0 Å². The molecule has 1 aromatic rings. The first-order chi connectivity index (χ1) is 4.75. The Hall–Kier alpha value is -1.09. The van der Waals surface area contributed by atoms with E-state index in [-0.39, 0.29) is 10.6 Å². The number of hydrogen-bond donors (Lipinski definition) is 0. The zero-order valence-electron chi connectivity index (χ0n) is 4.83. The Balaban J connectivity index is 3.45. The van der Waals surface area contributed by atoms with Gasteiger partial charge in [-0.3, -0.25) is 4.79 Å². The Morgan fingerprint density at radius 3 is 2.70 bits per heavy atom. The maximum absolute atomic E-state index is 10.6. The van der Waals surface area contributed by atoms with Crippen molar-refractivity contribution in [2.24, 2.45) is 0 Å². The standard InChI is InChI=1S/C6H3ClO3/c7-5-1-2-10-6(9)4(5)3-8/h1-3H. The van der Waals surface area contributed by atoms with Gasteiger partial charge in [0.2, 0.25) is 0 Å². The second-order valence-corrected chi connectivity index (χ2v) is 1.99. The molecular weight excluding hydrogens is 156 g/mol. The van der Waals surface area contributed by atoms with Crippen molar-refractivity contribution in [3.8, 4) is 0 Å². The molecule has 0 atom stereocenters. The van der Waals surface area contributed by atoms with Crippen LogP contribution in [0.2, 0.25) is 5.02 Å². The number of carbonyl (C=O) groups is 1. The van der Waals surface area contributed by atoms with Crippen LogP contribution in [0.25, 0.3) is 0 Å². The Kier molecular flexibility index (Phi) is 1.87. The van der Waals surface area contributed by atoms with Crippen molar-refractivity contribution in [3.63, 3.8) is 0 Å². The molecule has 0 aromatic carbocycles. The molecule has 0 spiro atoms. The van der Waals surface area contributed by atoms with Crippen molar-refractivity contribution >= 4 is 17.9 Å². The summed E-state index contributed by atoms with van der Waals surface area (Å²) in [6.45, 7) is 0. The quantitative estimate of drug-likeness (QED) is 0.575. The largest absolute Gasteiger partial charge is 0.431 e. The van der Waals surface area contributed by atoms with E-state index in [2.05, 4.69) is 4.42 Å². The minimum Gasteiger partial charge on any atom is -0.431 e. The van der Waals surface area contributed by atoms with E-state index >= 15 is 0 Å². The van der Waals surface area contributed by atoms with Gasteiger partial charge in [-0.15, -0.1) is 0 Å². The molecule has 0 saturated carbocycles. The predicted octanol–water partition coefficient (Wildman–Crippen LogP) is 1.11.